The van der Waals surface area contributed by atoms with E-state index in [-0.39, 0.29) is 0 Å². The number of likely N-dealkylation sites (N-methyl/N-ethyl adjacent to an activating group) is 1. The minimum absolute atomic E-state index is 0.436. The molecular weight excluding hydrogens is 272 g/mol. The van der Waals surface area contributed by atoms with Crippen LogP contribution in [0.1, 0.15) is 30.7 Å². The molecule has 2 aromatic rings. The predicted molar refractivity (Wildman–Crippen MR) is 82.1 cm³/mol. The number of aryl methyl sites for hydroxylation is 1. The summed E-state index contributed by atoms with van der Waals surface area (Å²) in [5.41, 5.74) is 3.06. The summed E-state index contributed by atoms with van der Waals surface area (Å²) in [6, 6.07) is 2.64. The zero-order valence-electron chi connectivity index (χ0n) is 12.1. The third kappa shape index (κ3) is 2.54. The van der Waals surface area contributed by atoms with Gasteiger partial charge in [-0.15, -0.1) is 11.6 Å². The normalized spacial score (nSPS) is 20.6. The van der Waals surface area contributed by atoms with Gasteiger partial charge in [0.05, 0.1) is 5.88 Å². The van der Waals surface area contributed by atoms with Gasteiger partial charge in [0.2, 0.25) is 0 Å². The Labute approximate surface area is 124 Å². The summed E-state index contributed by atoms with van der Waals surface area (Å²) < 4.78 is 2.20. The molecule has 5 heteroatoms. The van der Waals surface area contributed by atoms with Gasteiger partial charge in [0.15, 0.2) is 5.65 Å². The van der Waals surface area contributed by atoms with Crippen LogP contribution < -0.4 is 0 Å². The molecule has 0 amide bonds. The zero-order valence-corrected chi connectivity index (χ0v) is 12.9. The number of rotatable bonds is 3. The van der Waals surface area contributed by atoms with Crippen molar-refractivity contribution in [2.75, 3.05) is 13.6 Å². The fourth-order valence-corrected chi connectivity index (χ4v) is 3.24. The van der Waals surface area contributed by atoms with Crippen LogP contribution >= 0.6 is 11.6 Å². The highest BCUT2D eigenvalue weighted by molar-refractivity contribution is 6.16. The van der Waals surface area contributed by atoms with E-state index in [1.807, 2.05) is 13.1 Å². The standard InChI is InChI=1S/C15H21ClN4/c1-11-7-13-15(17-9-11)20(14(8-16)18-13)10-12-5-3-4-6-19(12)2/h7,9,12H,3-6,8,10H2,1-2H3. The van der Waals surface area contributed by atoms with Crippen LogP contribution in [0.25, 0.3) is 11.2 Å². The Bertz CT molecular complexity index is 607. The van der Waals surface area contributed by atoms with Gasteiger partial charge >= 0.3 is 0 Å². The lowest BCUT2D eigenvalue weighted by Gasteiger charge is -2.33. The highest BCUT2D eigenvalue weighted by atomic mass is 35.5. The maximum absolute atomic E-state index is 6.07. The first-order chi connectivity index (χ1) is 9.69. The summed E-state index contributed by atoms with van der Waals surface area (Å²) >= 11 is 6.07. The molecule has 2 aromatic heterocycles. The third-order valence-corrected chi connectivity index (χ3v) is 4.47. The summed E-state index contributed by atoms with van der Waals surface area (Å²) in [5, 5.41) is 0. The minimum atomic E-state index is 0.436. The maximum atomic E-state index is 6.07. The van der Waals surface area contributed by atoms with Crippen molar-refractivity contribution in [3.63, 3.8) is 0 Å². The second kappa shape index (κ2) is 5.70. The second-order valence-corrected chi connectivity index (χ2v) is 6.03. The molecule has 1 aliphatic rings. The first kappa shape index (κ1) is 13.8. The number of fused-ring (bicyclic) bond motifs is 1. The Balaban J connectivity index is 1.96. The number of piperidine rings is 1. The van der Waals surface area contributed by atoms with Crippen LogP contribution in [0.5, 0.6) is 0 Å². The number of imidazole rings is 1. The lowest BCUT2D eigenvalue weighted by molar-refractivity contribution is 0.167. The Hall–Kier alpha value is -1.13. The number of aromatic nitrogens is 3. The molecule has 0 bridgehead atoms. The fraction of sp³-hybridized carbons (Fsp3) is 0.600. The van der Waals surface area contributed by atoms with E-state index in [0.717, 1.165) is 29.1 Å². The number of halogens is 1. The fourth-order valence-electron chi connectivity index (χ4n) is 3.04. The molecule has 4 nitrogen and oxygen atoms in total. The van der Waals surface area contributed by atoms with Gasteiger partial charge in [0.1, 0.15) is 11.3 Å². The summed E-state index contributed by atoms with van der Waals surface area (Å²) in [5.74, 6) is 1.37. The summed E-state index contributed by atoms with van der Waals surface area (Å²) in [6.45, 7) is 4.16. The molecule has 0 saturated carbocycles. The van der Waals surface area contributed by atoms with Crippen LogP contribution in [-0.2, 0) is 12.4 Å². The summed E-state index contributed by atoms with van der Waals surface area (Å²) in [7, 11) is 2.21. The van der Waals surface area contributed by atoms with E-state index in [9.17, 15) is 0 Å². The van der Waals surface area contributed by atoms with E-state index in [1.165, 1.54) is 25.8 Å². The van der Waals surface area contributed by atoms with Crippen molar-refractivity contribution in [2.24, 2.45) is 0 Å². The molecule has 0 spiro atoms. The van der Waals surface area contributed by atoms with Crippen molar-refractivity contribution in [2.45, 2.75) is 44.7 Å². The molecule has 1 atom stereocenters. The van der Waals surface area contributed by atoms with Gasteiger partial charge in [0.25, 0.3) is 0 Å². The van der Waals surface area contributed by atoms with Crippen LogP contribution in [0.4, 0.5) is 0 Å². The zero-order chi connectivity index (χ0) is 14.1. The van der Waals surface area contributed by atoms with Gasteiger partial charge in [-0.2, -0.15) is 0 Å². The van der Waals surface area contributed by atoms with Gasteiger partial charge in [-0.1, -0.05) is 6.42 Å². The van der Waals surface area contributed by atoms with Crippen LogP contribution in [-0.4, -0.2) is 39.1 Å². The molecule has 1 unspecified atom stereocenters. The van der Waals surface area contributed by atoms with Crippen LogP contribution in [0, 0.1) is 6.92 Å². The van der Waals surface area contributed by atoms with Crippen LogP contribution in [0.2, 0.25) is 0 Å². The van der Waals surface area contributed by atoms with E-state index in [0.29, 0.717) is 11.9 Å². The van der Waals surface area contributed by atoms with E-state index >= 15 is 0 Å². The van der Waals surface area contributed by atoms with Crippen molar-refractivity contribution in [3.8, 4) is 0 Å². The molecule has 0 aliphatic carbocycles. The summed E-state index contributed by atoms with van der Waals surface area (Å²) in [6.07, 6.45) is 5.76. The first-order valence-electron chi connectivity index (χ1n) is 7.27. The molecule has 1 saturated heterocycles. The topological polar surface area (TPSA) is 34.0 Å². The molecule has 3 heterocycles. The molecular formula is C15H21ClN4. The van der Waals surface area contributed by atoms with Gasteiger partial charge in [0, 0.05) is 18.8 Å². The van der Waals surface area contributed by atoms with Crippen molar-refractivity contribution in [3.05, 3.63) is 23.7 Å². The summed E-state index contributed by atoms with van der Waals surface area (Å²) in [4.78, 5) is 11.6. The average molecular weight is 293 g/mol. The van der Waals surface area contributed by atoms with Crippen molar-refractivity contribution in [1.82, 2.24) is 19.4 Å². The lowest BCUT2D eigenvalue weighted by atomic mass is 10.0. The molecule has 0 N–H and O–H groups in total. The molecule has 0 aromatic carbocycles. The first-order valence-corrected chi connectivity index (χ1v) is 7.80. The SMILES string of the molecule is Cc1cnc2c(c1)nc(CCl)n2CC1CCCCN1C. The Morgan fingerprint density at radius 1 is 1.40 bits per heavy atom. The largest absolute Gasteiger partial charge is 0.310 e. The molecule has 1 aliphatic heterocycles. The van der Waals surface area contributed by atoms with Crippen LogP contribution in [0.15, 0.2) is 12.3 Å². The molecule has 20 heavy (non-hydrogen) atoms. The Morgan fingerprint density at radius 3 is 3.00 bits per heavy atom. The second-order valence-electron chi connectivity index (χ2n) is 5.76. The van der Waals surface area contributed by atoms with Gasteiger partial charge in [-0.05, 0) is 45.0 Å². The molecule has 3 rings (SSSR count). The highest BCUT2D eigenvalue weighted by Gasteiger charge is 2.22. The molecule has 1 fully saturated rings. The highest BCUT2D eigenvalue weighted by Crippen LogP contribution is 2.22. The predicted octanol–water partition coefficient (Wildman–Crippen LogP) is 2.96. The molecule has 0 radical (unpaired) electrons. The number of pyridine rings is 1. The average Bonchev–Trinajstić information content (AvgIpc) is 2.78. The van der Waals surface area contributed by atoms with Gasteiger partial charge in [-0.25, -0.2) is 9.97 Å². The van der Waals surface area contributed by atoms with E-state index < -0.39 is 0 Å². The number of likely N-dealkylation sites (tertiary alicyclic amines) is 1. The Kier molecular flexibility index (Phi) is 3.94. The maximum Gasteiger partial charge on any atom is 0.160 e. The van der Waals surface area contributed by atoms with Gasteiger partial charge < -0.3 is 9.47 Å². The minimum Gasteiger partial charge on any atom is -0.310 e. The number of hydrogen-bond acceptors (Lipinski definition) is 3. The van der Waals surface area contributed by atoms with Crippen LogP contribution in [0.3, 0.4) is 0 Å². The molecule has 108 valence electrons. The van der Waals surface area contributed by atoms with E-state index in [2.05, 4.69) is 32.5 Å². The lowest BCUT2D eigenvalue weighted by Crippen LogP contribution is -2.39. The Morgan fingerprint density at radius 2 is 2.25 bits per heavy atom. The van der Waals surface area contributed by atoms with Crippen molar-refractivity contribution >= 4 is 22.8 Å². The number of nitrogens with zero attached hydrogens (tertiary/aromatic N) is 4. The number of hydrogen-bond donors (Lipinski definition) is 0. The third-order valence-electron chi connectivity index (χ3n) is 4.24. The van der Waals surface area contributed by atoms with Crippen molar-refractivity contribution < 1.29 is 0 Å². The van der Waals surface area contributed by atoms with E-state index in [1.54, 1.807) is 0 Å². The monoisotopic (exact) mass is 292 g/mol. The van der Waals surface area contributed by atoms with Crippen molar-refractivity contribution in [1.29, 1.82) is 0 Å². The smallest absolute Gasteiger partial charge is 0.160 e. The van der Waals surface area contributed by atoms with Gasteiger partial charge in [-0.3, -0.25) is 0 Å². The quantitative estimate of drug-likeness (QED) is 0.816. The number of alkyl halides is 1. The van der Waals surface area contributed by atoms with E-state index in [4.69, 9.17) is 11.6 Å².